The Labute approximate surface area is 125 Å². The zero-order valence-corrected chi connectivity index (χ0v) is 13.1. The average Bonchev–Trinajstić information content (AvgIpc) is 2.86. The number of benzene rings is 1. The van der Waals surface area contributed by atoms with E-state index in [0.29, 0.717) is 16.7 Å². The van der Waals surface area contributed by atoms with E-state index >= 15 is 0 Å². The maximum absolute atomic E-state index is 6.15. The van der Waals surface area contributed by atoms with Crippen LogP contribution in [0.15, 0.2) is 12.1 Å². The lowest BCUT2D eigenvalue weighted by molar-refractivity contribution is 0.152. The summed E-state index contributed by atoms with van der Waals surface area (Å²) in [5.41, 5.74) is 1.06. The van der Waals surface area contributed by atoms with Crippen LogP contribution in [0.25, 0.3) is 0 Å². The third-order valence-corrected chi connectivity index (χ3v) is 3.91. The summed E-state index contributed by atoms with van der Waals surface area (Å²) >= 11 is 6.15. The van der Waals surface area contributed by atoms with Crippen LogP contribution in [0.2, 0.25) is 5.02 Å². The zero-order valence-electron chi connectivity index (χ0n) is 12.3. The smallest absolute Gasteiger partial charge is 0.165 e. The van der Waals surface area contributed by atoms with Crippen molar-refractivity contribution in [2.75, 3.05) is 41.0 Å². The summed E-state index contributed by atoms with van der Waals surface area (Å²) in [4.78, 5) is 2.40. The number of hydrogen-bond donors (Lipinski definition) is 0. The first-order valence-electron chi connectivity index (χ1n) is 6.79. The van der Waals surface area contributed by atoms with Gasteiger partial charge in [-0.2, -0.15) is 0 Å². The number of rotatable bonds is 6. The summed E-state index contributed by atoms with van der Waals surface area (Å²) in [7, 11) is 5.04. The number of nitrogens with zero attached hydrogens (tertiary/aromatic N) is 1. The van der Waals surface area contributed by atoms with Crippen LogP contribution in [0.1, 0.15) is 12.0 Å². The molecule has 4 nitrogen and oxygen atoms in total. The lowest BCUT2D eigenvalue weighted by Gasteiger charge is -2.19. The molecule has 5 heteroatoms. The molecule has 1 atom stereocenters. The molecule has 0 spiro atoms. The monoisotopic (exact) mass is 299 g/mol. The highest BCUT2D eigenvalue weighted by atomic mass is 35.5. The molecule has 1 fully saturated rings. The molecule has 0 aromatic heterocycles. The lowest BCUT2D eigenvalue weighted by atomic mass is 10.1. The molecule has 0 bridgehead atoms. The van der Waals surface area contributed by atoms with Gasteiger partial charge >= 0.3 is 0 Å². The summed E-state index contributed by atoms with van der Waals surface area (Å²) in [5.74, 6) is 2.07. The number of halogens is 1. The highest BCUT2D eigenvalue weighted by Gasteiger charge is 2.24. The highest BCUT2D eigenvalue weighted by Crippen LogP contribution is 2.35. The van der Waals surface area contributed by atoms with Crippen LogP contribution in [0, 0.1) is 5.92 Å². The molecular weight excluding hydrogens is 278 g/mol. The van der Waals surface area contributed by atoms with Crippen molar-refractivity contribution in [1.29, 1.82) is 0 Å². The van der Waals surface area contributed by atoms with Gasteiger partial charge in [-0.1, -0.05) is 11.6 Å². The summed E-state index contributed by atoms with van der Waals surface area (Å²) in [5, 5.41) is 0.672. The van der Waals surface area contributed by atoms with Gasteiger partial charge in [-0.25, -0.2) is 0 Å². The molecule has 112 valence electrons. The molecule has 1 aliphatic rings. The molecular formula is C15H22ClNO3. The fraction of sp³-hybridized carbons (Fsp3) is 0.600. The molecule has 0 aliphatic carbocycles. The van der Waals surface area contributed by atoms with E-state index in [1.807, 2.05) is 6.07 Å². The van der Waals surface area contributed by atoms with Crippen molar-refractivity contribution in [1.82, 2.24) is 4.90 Å². The first-order chi connectivity index (χ1) is 9.67. The van der Waals surface area contributed by atoms with Crippen LogP contribution >= 0.6 is 11.6 Å². The Morgan fingerprint density at radius 2 is 2.05 bits per heavy atom. The van der Waals surface area contributed by atoms with E-state index in [9.17, 15) is 0 Å². The van der Waals surface area contributed by atoms with Gasteiger partial charge < -0.3 is 14.2 Å². The number of methoxy groups -OCH3 is 3. The van der Waals surface area contributed by atoms with Crippen molar-refractivity contribution in [3.05, 3.63) is 22.7 Å². The highest BCUT2D eigenvalue weighted by molar-refractivity contribution is 6.30. The van der Waals surface area contributed by atoms with Crippen LogP contribution in [0.4, 0.5) is 0 Å². The van der Waals surface area contributed by atoms with Crippen molar-refractivity contribution in [3.8, 4) is 11.5 Å². The van der Waals surface area contributed by atoms with E-state index in [0.717, 1.165) is 37.6 Å². The van der Waals surface area contributed by atoms with Gasteiger partial charge in [0.15, 0.2) is 11.5 Å². The summed E-state index contributed by atoms with van der Waals surface area (Å²) in [6.45, 7) is 3.77. The van der Waals surface area contributed by atoms with Gasteiger partial charge in [-0.3, -0.25) is 4.90 Å². The Morgan fingerprint density at radius 1 is 1.25 bits per heavy atom. The first kappa shape index (κ1) is 15.4. The summed E-state index contributed by atoms with van der Waals surface area (Å²) in [6, 6.07) is 3.73. The van der Waals surface area contributed by atoms with Crippen LogP contribution in [-0.2, 0) is 11.3 Å². The molecule has 0 radical (unpaired) electrons. The van der Waals surface area contributed by atoms with Crippen molar-refractivity contribution >= 4 is 11.6 Å². The summed E-state index contributed by atoms with van der Waals surface area (Å²) in [6.07, 6.45) is 1.17. The maximum Gasteiger partial charge on any atom is 0.165 e. The van der Waals surface area contributed by atoms with Gasteiger partial charge in [0, 0.05) is 36.9 Å². The second-order valence-corrected chi connectivity index (χ2v) is 5.58. The summed E-state index contributed by atoms with van der Waals surface area (Å²) < 4.78 is 16.0. The SMILES string of the molecule is COC[C@@H]1CCN(Cc2cc(Cl)cc(OC)c2OC)C1. The molecule has 0 amide bonds. The quantitative estimate of drug-likeness (QED) is 0.808. The van der Waals surface area contributed by atoms with E-state index < -0.39 is 0 Å². The maximum atomic E-state index is 6.15. The minimum absolute atomic E-state index is 0.618. The molecule has 1 aromatic carbocycles. The van der Waals surface area contributed by atoms with Crippen LogP contribution in [0.3, 0.4) is 0 Å². The lowest BCUT2D eigenvalue weighted by Crippen LogP contribution is -2.21. The topological polar surface area (TPSA) is 30.9 Å². The largest absolute Gasteiger partial charge is 0.493 e. The molecule has 1 aromatic rings. The number of hydrogen-bond acceptors (Lipinski definition) is 4. The van der Waals surface area contributed by atoms with Gasteiger partial charge in [-0.15, -0.1) is 0 Å². The Kier molecular flexibility index (Phi) is 5.52. The molecule has 1 aliphatic heterocycles. The van der Waals surface area contributed by atoms with E-state index in [2.05, 4.69) is 4.90 Å². The fourth-order valence-corrected chi connectivity index (χ4v) is 3.02. The Morgan fingerprint density at radius 3 is 2.70 bits per heavy atom. The van der Waals surface area contributed by atoms with E-state index in [4.69, 9.17) is 25.8 Å². The molecule has 2 rings (SSSR count). The third-order valence-electron chi connectivity index (χ3n) is 3.69. The molecule has 20 heavy (non-hydrogen) atoms. The molecule has 0 saturated carbocycles. The standard InChI is InChI=1S/C15H22ClNO3/c1-18-10-11-4-5-17(8-11)9-12-6-13(16)7-14(19-2)15(12)20-3/h6-7,11H,4-5,8-10H2,1-3H3/t11-/m1/s1. The van der Waals surface area contributed by atoms with Crippen molar-refractivity contribution in [3.63, 3.8) is 0 Å². The second kappa shape index (κ2) is 7.16. The van der Waals surface area contributed by atoms with E-state index in [1.165, 1.54) is 6.42 Å². The fourth-order valence-electron chi connectivity index (χ4n) is 2.79. The van der Waals surface area contributed by atoms with Gasteiger partial charge in [0.25, 0.3) is 0 Å². The molecule has 0 unspecified atom stereocenters. The minimum atomic E-state index is 0.618. The first-order valence-corrected chi connectivity index (χ1v) is 7.17. The Balaban J connectivity index is 2.11. The third kappa shape index (κ3) is 3.57. The Hall–Kier alpha value is -0.970. The van der Waals surface area contributed by atoms with Crippen LogP contribution < -0.4 is 9.47 Å². The number of ether oxygens (including phenoxy) is 3. The predicted octanol–water partition coefficient (Wildman–Crippen LogP) is 2.83. The van der Waals surface area contributed by atoms with Gasteiger partial charge in [0.1, 0.15) is 0 Å². The molecule has 1 saturated heterocycles. The van der Waals surface area contributed by atoms with Gasteiger partial charge in [0.2, 0.25) is 0 Å². The zero-order chi connectivity index (χ0) is 14.5. The van der Waals surface area contributed by atoms with Crippen molar-refractivity contribution < 1.29 is 14.2 Å². The predicted molar refractivity (Wildman–Crippen MR) is 79.8 cm³/mol. The van der Waals surface area contributed by atoms with E-state index in [1.54, 1.807) is 27.4 Å². The van der Waals surface area contributed by atoms with Gasteiger partial charge in [0.05, 0.1) is 20.8 Å². The molecule has 0 N–H and O–H groups in total. The average molecular weight is 300 g/mol. The van der Waals surface area contributed by atoms with Crippen LogP contribution in [-0.4, -0.2) is 45.9 Å². The van der Waals surface area contributed by atoms with Gasteiger partial charge in [-0.05, 0) is 24.9 Å². The minimum Gasteiger partial charge on any atom is -0.493 e. The van der Waals surface area contributed by atoms with E-state index in [-0.39, 0.29) is 0 Å². The normalized spacial score (nSPS) is 19.3. The molecule has 1 heterocycles. The van der Waals surface area contributed by atoms with Crippen molar-refractivity contribution in [2.45, 2.75) is 13.0 Å². The Bertz CT molecular complexity index is 453. The van der Waals surface area contributed by atoms with Crippen LogP contribution in [0.5, 0.6) is 11.5 Å². The number of likely N-dealkylation sites (tertiary alicyclic amines) is 1. The second-order valence-electron chi connectivity index (χ2n) is 5.15. The van der Waals surface area contributed by atoms with Crippen molar-refractivity contribution in [2.24, 2.45) is 5.92 Å².